The van der Waals surface area contributed by atoms with Crippen molar-refractivity contribution in [1.29, 1.82) is 0 Å². The van der Waals surface area contributed by atoms with Crippen LogP contribution in [0.25, 0.3) is 11.0 Å². The van der Waals surface area contributed by atoms with E-state index in [-0.39, 0.29) is 6.04 Å². The molecule has 1 unspecified atom stereocenters. The van der Waals surface area contributed by atoms with E-state index in [0.29, 0.717) is 0 Å². The molecule has 0 amide bonds. The number of aromatic nitrogens is 2. The molecule has 0 fully saturated rings. The first-order valence-electron chi connectivity index (χ1n) is 6.84. The zero-order valence-corrected chi connectivity index (χ0v) is 12.7. The first kappa shape index (κ1) is 13.7. The number of nitrogens with two attached hydrogens (primary N) is 1. The smallest absolute Gasteiger partial charge is 0.138 e. The van der Waals surface area contributed by atoms with Crippen molar-refractivity contribution in [3.63, 3.8) is 0 Å². The minimum absolute atomic E-state index is 0.322. The monoisotopic (exact) mass is 285 g/mol. The lowest BCUT2D eigenvalue weighted by Crippen LogP contribution is -2.12. The topological polar surface area (TPSA) is 66.2 Å². The number of hydrogen-bond acceptors (Lipinski definition) is 4. The van der Waals surface area contributed by atoms with Gasteiger partial charge in [0, 0.05) is 35.8 Å². The first-order valence-corrected chi connectivity index (χ1v) is 6.84. The quantitative estimate of drug-likeness (QED) is 0.803. The van der Waals surface area contributed by atoms with Gasteiger partial charge in [0.15, 0.2) is 0 Å². The average molecular weight is 285 g/mol. The van der Waals surface area contributed by atoms with Crippen LogP contribution in [0, 0.1) is 13.8 Å². The SMILES string of the molecule is COc1ccc2c(C)c(C(N)c3cn(C)nc3C)oc2c1. The molecule has 2 N–H and O–H groups in total. The summed E-state index contributed by atoms with van der Waals surface area (Å²) >= 11 is 0. The van der Waals surface area contributed by atoms with Gasteiger partial charge in [0.1, 0.15) is 17.1 Å². The van der Waals surface area contributed by atoms with Crippen LogP contribution >= 0.6 is 0 Å². The predicted octanol–water partition coefficient (Wildman–Crippen LogP) is 2.84. The maximum Gasteiger partial charge on any atom is 0.138 e. The maximum atomic E-state index is 6.39. The molecule has 0 spiro atoms. The maximum absolute atomic E-state index is 6.39. The van der Waals surface area contributed by atoms with Gasteiger partial charge in [-0.2, -0.15) is 5.10 Å². The van der Waals surface area contributed by atoms with Crippen LogP contribution in [0.4, 0.5) is 0 Å². The molecule has 0 saturated heterocycles. The molecule has 5 nitrogen and oxygen atoms in total. The van der Waals surface area contributed by atoms with Crippen LogP contribution in [0.3, 0.4) is 0 Å². The second-order valence-corrected chi connectivity index (χ2v) is 5.27. The standard InChI is InChI=1S/C16H19N3O2/c1-9-12-6-5-11(20-4)7-14(12)21-16(9)15(17)13-8-19(3)18-10(13)2/h5-8,15H,17H2,1-4H3. The Bertz CT molecular complexity index is 801. The summed E-state index contributed by atoms with van der Waals surface area (Å²) in [4.78, 5) is 0. The Morgan fingerprint density at radius 2 is 2.10 bits per heavy atom. The molecule has 110 valence electrons. The van der Waals surface area contributed by atoms with Gasteiger partial charge in [-0.15, -0.1) is 0 Å². The highest BCUT2D eigenvalue weighted by Gasteiger charge is 2.22. The van der Waals surface area contributed by atoms with E-state index in [4.69, 9.17) is 14.9 Å². The Kier molecular flexibility index (Phi) is 3.22. The minimum atomic E-state index is -0.322. The number of methoxy groups -OCH3 is 1. The predicted molar refractivity (Wildman–Crippen MR) is 81.5 cm³/mol. The van der Waals surface area contributed by atoms with Gasteiger partial charge in [0.05, 0.1) is 18.8 Å². The van der Waals surface area contributed by atoms with Crippen molar-refractivity contribution in [2.45, 2.75) is 19.9 Å². The van der Waals surface area contributed by atoms with Gasteiger partial charge < -0.3 is 14.9 Å². The second-order valence-electron chi connectivity index (χ2n) is 5.27. The molecule has 0 aliphatic carbocycles. The molecule has 3 rings (SSSR count). The molecule has 3 aromatic rings. The van der Waals surface area contributed by atoms with E-state index < -0.39 is 0 Å². The summed E-state index contributed by atoms with van der Waals surface area (Å²) in [5.74, 6) is 1.54. The van der Waals surface area contributed by atoms with Crippen molar-refractivity contribution < 1.29 is 9.15 Å². The van der Waals surface area contributed by atoms with Crippen LogP contribution in [-0.2, 0) is 7.05 Å². The van der Waals surface area contributed by atoms with Crippen LogP contribution in [-0.4, -0.2) is 16.9 Å². The third kappa shape index (κ3) is 2.19. The molecule has 0 radical (unpaired) electrons. The minimum Gasteiger partial charge on any atom is -0.497 e. The summed E-state index contributed by atoms with van der Waals surface area (Å²) in [7, 11) is 3.53. The van der Waals surface area contributed by atoms with E-state index in [2.05, 4.69) is 5.10 Å². The Morgan fingerprint density at radius 1 is 1.33 bits per heavy atom. The van der Waals surface area contributed by atoms with Crippen molar-refractivity contribution in [3.05, 3.63) is 47.0 Å². The second kappa shape index (κ2) is 4.93. The van der Waals surface area contributed by atoms with Crippen molar-refractivity contribution in [2.75, 3.05) is 7.11 Å². The third-order valence-electron chi connectivity index (χ3n) is 3.85. The normalized spacial score (nSPS) is 12.8. The van der Waals surface area contributed by atoms with E-state index in [1.807, 2.05) is 45.3 Å². The van der Waals surface area contributed by atoms with Gasteiger partial charge in [-0.1, -0.05) is 0 Å². The van der Waals surface area contributed by atoms with Crippen LogP contribution in [0.15, 0.2) is 28.8 Å². The van der Waals surface area contributed by atoms with Gasteiger partial charge in [-0.25, -0.2) is 0 Å². The lowest BCUT2D eigenvalue weighted by Gasteiger charge is -2.08. The number of nitrogens with zero attached hydrogens (tertiary/aromatic N) is 2. The molecule has 2 heterocycles. The average Bonchev–Trinajstić information content (AvgIpc) is 2.97. The van der Waals surface area contributed by atoms with Gasteiger partial charge in [-0.05, 0) is 26.0 Å². The zero-order chi connectivity index (χ0) is 15.1. The molecule has 1 atom stereocenters. The summed E-state index contributed by atoms with van der Waals surface area (Å²) in [5.41, 5.74) is 10.1. The van der Waals surface area contributed by atoms with Crippen molar-refractivity contribution in [1.82, 2.24) is 9.78 Å². The summed E-state index contributed by atoms with van der Waals surface area (Å²) in [6, 6.07) is 5.49. The summed E-state index contributed by atoms with van der Waals surface area (Å²) in [5, 5.41) is 5.40. The van der Waals surface area contributed by atoms with E-state index in [1.165, 1.54) is 0 Å². The molecule has 2 aromatic heterocycles. The number of hydrogen-bond donors (Lipinski definition) is 1. The summed E-state index contributed by atoms with van der Waals surface area (Å²) < 4.78 is 13.0. The molecule has 0 saturated carbocycles. The number of aryl methyl sites for hydroxylation is 3. The molecule has 21 heavy (non-hydrogen) atoms. The Hall–Kier alpha value is -2.27. The van der Waals surface area contributed by atoms with E-state index >= 15 is 0 Å². The van der Waals surface area contributed by atoms with Gasteiger partial charge >= 0.3 is 0 Å². The van der Waals surface area contributed by atoms with Gasteiger partial charge in [-0.3, -0.25) is 4.68 Å². The van der Waals surface area contributed by atoms with Crippen molar-refractivity contribution in [3.8, 4) is 5.75 Å². The number of ether oxygens (including phenoxy) is 1. The molecule has 0 aliphatic heterocycles. The molecular formula is C16H19N3O2. The highest BCUT2D eigenvalue weighted by atomic mass is 16.5. The van der Waals surface area contributed by atoms with Crippen LogP contribution < -0.4 is 10.5 Å². The number of fused-ring (bicyclic) bond motifs is 1. The van der Waals surface area contributed by atoms with Crippen molar-refractivity contribution >= 4 is 11.0 Å². The molecule has 0 bridgehead atoms. The summed E-state index contributed by atoms with van der Waals surface area (Å²) in [6.45, 7) is 3.98. The molecular weight excluding hydrogens is 266 g/mol. The Labute approximate surface area is 123 Å². The van der Waals surface area contributed by atoms with Gasteiger partial charge in [0.2, 0.25) is 0 Å². The van der Waals surface area contributed by atoms with E-state index in [9.17, 15) is 0 Å². The number of benzene rings is 1. The lowest BCUT2D eigenvalue weighted by atomic mass is 10.0. The first-order chi connectivity index (χ1) is 10.0. The van der Waals surface area contributed by atoms with E-state index in [1.54, 1.807) is 11.8 Å². The molecule has 5 heteroatoms. The number of furan rings is 1. The number of rotatable bonds is 3. The lowest BCUT2D eigenvalue weighted by molar-refractivity contribution is 0.414. The molecule has 1 aromatic carbocycles. The fourth-order valence-corrected chi connectivity index (χ4v) is 2.71. The van der Waals surface area contributed by atoms with Gasteiger partial charge in [0.25, 0.3) is 0 Å². The van der Waals surface area contributed by atoms with E-state index in [0.717, 1.165) is 39.3 Å². The largest absolute Gasteiger partial charge is 0.497 e. The van der Waals surface area contributed by atoms with Crippen molar-refractivity contribution in [2.24, 2.45) is 12.8 Å². The summed E-state index contributed by atoms with van der Waals surface area (Å²) in [6.07, 6.45) is 1.94. The Balaban J connectivity index is 2.11. The Morgan fingerprint density at radius 3 is 2.71 bits per heavy atom. The highest BCUT2D eigenvalue weighted by Crippen LogP contribution is 2.33. The highest BCUT2D eigenvalue weighted by molar-refractivity contribution is 5.83. The van der Waals surface area contributed by atoms with Crippen LogP contribution in [0.1, 0.15) is 28.6 Å². The zero-order valence-electron chi connectivity index (χ0n) is 12.7. The van der Waals surface area contributed by atoms with Crippen LogP contribution in [0.5, 0.6) is 5.75 Å². The molecule has 0 aliphatic rings. The third-order valence-corrected chi connectivity index (χ3v) is 3.85. The van der Waals surface area contributed by atoms with Crippen LogP contribution in [0.2, 0.25) is 0 Å². The fourth-order valence-electron chi connectivity index (χ4n) is 2.71. The fraction of sp³-hybridized carbons (Fsp3) is 0.312.